The molecule has 1 N–H and O–H groups in total. The first-order chi connectivity index (χ1) is 8.02. The Bertz CT molecular complexity index is 412. The number of methoxy groups -OCH3 is 1. The third-order valence-corrected chi connectivity index (χ3v) is 2.45. The first kappa shape index (κ1) is 13.2. The molecule has 4 nitrogen and oxygen atoms in total. The highest BCUT2D eigenvalue weighted by atomic mass is 16.5. The van der Waals surface area contributed by atoms with Gasteiger partial charge in [-0.2, -0.15) is 0 Å². The van der Waals surface area contributed by atoms with Crippen molar-refractivity contribution < 1.29 is 19.4 Å². The molecule has 0 spiro atoms. The van der Waals surface area contributed by atoms with Crippen LogP contribution in [0.3, 0.4) is 0 Å². The van der Waals surface area contributed by atoms with Crippen LogP contribution < -0.4 is 4.74 Å². The summed E-state index contributed by atoms with van der Waals surface area (Å²) in [5.41, 5.74) is 0.557. The summed E-state index contributed by atoms with van der Waals surface area (Å²) in [6.07, 6.45) is 0.245. The Hall–Kier alpha value is -1.84. The molecule has 1 rings (SSSR count). The Morgan fingerprint density at radius 1 is 1.35 bits per heavy atom. The predicted molar refractivity (Wildman–Crippen MR) is 63.4 cm³/mol. The van der Waals surface area contributed by atoms with Crippen LogP contribution in [0.1, 0.15) is 30.1 Å². The molecule has 0 heterocycles. The van der Waals surface area contributed by atoms with Crippen molar-refractivity contribution in [1.82, 2.24) is 0 Å². The Morgan fingerprint density at radius 2 is 2.06 bits per heavy atom. The third kappa shape index (κ3) is 4.26. The number of ketones is 1. The standard InChI is InChI=1S/C13H16O4/c1-9(7-13(15)16)6-12(14)10-4-3-5-11(8-10)17-2/h3-5,8-9H,6-7H2,1-2H3,(H,15,16). The summed E-state index contributed by atoms with van der Waals surface area (Å²) >= 11 is 0. The van der Waals surface area contributed by atoms with Crippen molar-refractivity contribution in [3.8, 4) is 5.75 Å². The molecule has 1 aromatic rings. The van der Waals surface area contributed by atoms with E-state index in [0.717, 1.165) is 0 Å². The maximum atomic E-state index is 11.9. The van der Waals surface area contributed by atoms with Gasteiger partial charge in [-0.15, -0.1) is 0 Å². The van der Waals surface area contributed by atoms with Crippen molar-refractivity contribution in [2.24, 2.45) is 5.92 Å². The highest BCUT2D eigenvalue weighted by molar-refractivity contribution is 5.96. The number of rotatable bonds is 6. The van der Waals surface area contributed by atoms with E-state index in [4.69, 9.17) is 9.84 Å². The van der Waals surface area contributed by atoms with E-state index >= 15 is 0 Å². The second kappa shape index (κ2) is 6.03. The lowest BCUT2D eigenvalue weighted by Crippen LogP contribution is -2.10. The second-order valence-corrected chi connectivity index (χ2v) is 4.06. The van der Waals surface area contributed by atoms with E-state index in [1.807, 2.05) is 0 Å². The number of carbonyl (C=O) groups excluding carboxylic acids is 1. The van der Waals surface area contributed by atoms with Crippen LogP contribution in [-0.2, 0) is 4.79 Å². The fourth-order valence-electron chi connectivity index (χ4n) is 1.60. The molecule has 92 valence electrons. The molecule has 0 amide bonds. The van der Waals surface area contributed by atoms with Crippen molar-refractivity contribution in [3.63, 3.8) is 0 Å². The molecule has 0 saturated carbocycles. The van der Waals surface area contributed by atoms with E-state index < -0.39 is 5.97 Å². The molecule has 0 aliphatic rings. The first-order valence-electron chi connectivity index (χ1n) is 5.42. The zero-order valence-electron chi connectivity index (χ0n) is 9.97. The summed E-state index contributed by atoms with van der Waals surface area (Å²) in [4.78, 5) is 22.4. The molecule has 0 aliphatic carbocycles. The lowest BCUT2D eigenvalue weighted by molar-refractivity contribution is -0.137. The molecule has 17 heavy (non-hydrogen) atoms. The molecule has 0 radical (unpaired) electrons. The summed E-state index contributed by atoms with van der Waals surface area (Å²) in [6.45, 7) is 1.76. The minimum absolute atomic E-state index is 0.00963. The van der Waals surface area contributed by atoms with Crippen LogP contribution in [-0.4, -0.2) is 24.0 Å². The Balaban J connectivity index is 2.66. The van der Waals surface area contributed by atoms with Gasteiger partial charge in [0.25, 0.3) is 0 Å². The van der Waals surface area contributed by atoms with Gasteiger partial charge < -0.3 is 9.84 Å². The molecule has 0 bridgehead atoms. The number of carboxylic acids is 1. The van der Waals surface area contributed by atoms with Crippen LogP contribution in [0.2, 0.25) is 0 Å². The SMILES string of the molecule is COc1cccc(C(=O)CC(C)CC(=O)O)c1. The minimum Gasteiger partial charge on any atom is -0.497 e. The smallest absolute Gasteiger partial charge is 0.303 e. The topological polar surface area (TPSA) is 63.6 Å². The molecular weight excluding hydrogens is 220 g/mol. The van der Waals surface area contributed by atoms with Crippen LogP contribution in [0.25, 0.3) is 0 Å². The van der Waals surface area contributed by atoms with Gasteiger partial charge in [0.15, 0.2) is 5.78 Å². The van der Waals surface area contributed by atoms with Gasteiger partial charge in [0, 0.05) is 18.4 Å². The molecule has 1 aromatic carbocycles. The van der Waals surface area contributed by atoms with Crippen molar-refractivity contribution in [3.05, 3.63) is 29.8 Å². The lowest BCUT2D eigenvalue weighted by atomic mass is 9.97. The van der Waals surface area contributed by atoms with Gasteiger partial charge in [0.05, 0.1) is 7.11 Å². The van der Waals surface area contributed by atoms with Crippen molar-refractivity contribution >= 4 is 11.8 Å². The van der Waals surface area contributed by atoms with Gasteiger partial charge in [0.1, 0.15) is 5.75 Å². The van der Waals surface area contributed by atoms with Crippen LogP contribution in [0, 0.1) is 5.92 Å². The highest BCUT2D eigenvalue weighted by Gasteiger charge is 2.14. The lowest BCUT2D eigenvalue weighted by Gasteiger charge is -2.08. The molecule has 1 unspecified atom stereocenters. The number of ether oxygens (including phenoxy) is 1. The van der Waals surface area contributed by atoms with Gasteiger partial charge >= 0.3 is 5.97 Å². The fraction of sp³-hybridized carbons (Fsp3) is 0.385. The monoisotopic (exact) mass is 236 g/mol. The summed E-state index contributed by atoms with van der Waals surface area (Å²) in [7, 11) is 1.54. The third-order valence-electron chi connectivity index (χ3n) is 2.45. The van der Waals surface area contributed by atoms with Crippen LogP contribution >= 0.6 is 0 Å². The van der Waals surface area contributed by atoms with Gasteiger partial charge in [-0.3, -0.25) is 9.59 Å². The highest BCUT2D eigenvalue weighted by Crippen LogP contribution is 2.17. The second-order valence-electron chi connectivity index (χ2n) is 4.06. The average molecular weight is 236 g/mol. The van der Waals surface area contributed by atoms with E-state index in [0.29, 0.717) is 11.3 Å². The molecule has 0 saturated heterocycles. The van der Waals surface area contributed by atoms with Crippen molar-refractivity contribution in [2.45, 2.75) is 19.8 Å². The Morgan fingerprint density at radius 3 is 2.65 bits per heavy atom. The number of hydrogen-bond acceptors (Lipinski definition) is 3. The van der Waals surface area contributed by atoms with E-state index in [1.165, 1.54) is 7.11 Å². The number of carboxylic acid groups (broad SMARTS) is 1. The Labute approximate surface area is 100 Å². The van der Waals surface area contributed by atoms with Crippen LogP contribution in [0.4, 0.5) is 0 Å². The van der Waals surface area contributed by atoms with Crippen LogP contribution in [0.15, 0.2) is 24.3 Å². The number of hydrogen-bond donors (Lipinski definition) is 1. The van der Waals surface area contributed by atoms with Gasteiger partial charge in [-0.1, -0.05) is 19.1 Å². The number of aliphatic carboxylic acids is 1. The molecule has 0 aromatic heterocycles. The normalized spacial score (nSPS) is 11.9. The zero-order valence-corrected chi connectivity index (χ0v) is 9.97. The predicted octanol–water partition coefficient (Wildman–Crippen LogP) is 2.38. The molecule has 0 aliphatic heterocycles. The maximum Gasteiger partial charge on any atom is 0.303 e. The number of benzene rings is 1. The van der Waals surface area contributed by atoms with E-state index in [9.17, 15) is 9.59 Å². The summed E-state index contributed by atoms with van der Waals surface area (Å²) in [5.74, 6) is -0.471. The fourth-order valence-corrected chi connectivity index (χ4v) is 1.60. The molecule has 4 heteroatoms. The van der Waals surface area contributed by atoms with E-state index in [2.05, 4.69) is 0 Å². The van der Waals surface area contributed by atoms with E-state index in [-0.39, 0.29) is 24.5 Å². The number of carbonyl (C=O) groups is 2. The minimum atomic E-state index is -0.879. The molecule has 1 atom stereocenters. The molecular formula is C13H16O4. The van der Waals surface area contributed by atoms with Crippen LogP contribution in [0.5, 0.6) is 5.75 Å². The van der Waals surface area contributed by atoms with Crippen molar-refractivity contribution in [1.29, 1.82) is 0 Å². The van der Waals surface area contributed by atoms with Gasteiger partial charge in [0.2, 0.25) is 0 Å². The Kier molecular flexibility index (Phi) is 4.69. The zero-order chi connectivity index (χ0) is 12.8. The van der Waals surface area contributed by atoms with E-state index in [1.54, 1.807) is 31.2 Å². The average Bonchev–Trinajstić information content (AvgIpc) is 2.27. The van der Waals surface area contributed by atoms with Gasteiger partial charge in [-0.25, -0.2) is 0 Å². The van der Waals surface area contributed by atoms with Crippen molar-refractivity contribution in [2.75, 3.05) is 7.11 Å². The number of Topliss-reactive ketones (excluding diaryl/α,β-unsaturated/α-hetero) is 1. The largest absolute Gasteiger partial charge is 0.497 e. The summed E-state index contributed by atoms with van der Waals surface area (Å²) in [5, 5.41) is 8.62. The molecule has 0 fully saturated rings. The summed E-state index contributed by atoms with van der Waals surface area (Å²) < 4.78 is 5.03. The quantitative estimate of drug-likeness (QED) is 0.770. The maximum absolute atomic E-state index is 11.9. The van der Waals surface area contributed by atoms with Gasteiger partial charge in [-0.05, 0) is 18.1 Å². The first-order valence-corrected chi connectivity index (χ1v) is 5.42. The summed E-state index contributed by atoms with van der Waals surface area (Å²) in [6, 6.07) is 6.87.